The normalized spacial score (nSPS) is 9.95. The monoisotopic (exact) mass is 260 g/mol. The summed E-state index contributed by atoms with van der Waals surface area (Å²) in [4.78, 5) is 25.3. The second-order valence-electron chi connectivity index (χ2n) is 3.75. The highest BCUT2D eigenvalue weighted by molar-refractivity contribution is 6.06. The van der Waals surface area contributed by atoms with Gasteiger partial charge in [0.25, 0.3) is 11.5 Å². The average Bonchev–Trinajstić information content (AvgIpc) is 2.39. The van der Waals surface area contributed by atoms with E-state index in [4.69, 9.17) is 4.74 Å². The van der Waals surface area contributed by atoms with Crippen molar-refractivity contribution in [2.45, 2.75) is 0 Å². The summed E-state index contributed by atoms with van der Waals surface area (Å²) in [6, 6.07) is 7.82. The number of H-pyrrole nitrogens is 1. The van der Waals surface area contributed by atoms with E-state index in [-0.39, 0.29) is 11.3 Å². The number of methoxy groups -OCH3 is 1. The molecule has 1 amide bonds. The molecule has 6 nitrogen and oxygen atoms in total. The number of ether oxygens (including phenoxy) is 1. The molecule has 0 spiro atoms. The maximum atomic E-state index is 12.0. The SMILES string of the molecule is COc1ccccc1NC(=O)c1c[nH]c(=O)cc1O. The third-order valence-corrected chi connectivity index (χ3v) is 2.50. The highest BCUT2D eigenvalue weighted by Gasteiger charge is 2.13. The van der Waals surface area contributed by atoms with Crippen LogP contribution in [0.5, 0.6) is 11.5 Å². The van der Waals surface area contributed by atoms with Gasteiger partial charge in [-0.3, -0.25) is 9.59 Å². The number of carbonyl (C=O) groups excluding carboxylic acids is 1. The van der Waals surface area contributed by atoms with Crippen LogP contribution >= 0.6 is 0 Å². The lowest BCUT2D eigenvalue weighted by molar-refractivity contribution is 0.102. The minimum Gasteiger partial charge on any atom is -0.507 e. The lowest BCUT2D eigenvalue weighted by Gasteiger charge is -2.10. The van der Waals surface area contributed by atoms with Crippen LogP contribution in [0.2, 0.25) is 0 Å². The van der Waals surface area contributed by atoms with Gasteiger partial charge >= 0.3 is 0 Å². The zero-order valence-electron chi connectivity index (χ0n) is 10.1. The first-order chi connectivity index (χ1) is 9.11. The molecule has 2 aromatic rings. The third-order valence-electron chi connectivity index (χ3n) is 2.50. The Morgan fingerprint density at radius 3 is 2.79 bits per heavy atom. The highest BCUT2D eigenvalue weighted by Crippen LogP contribution is 2.24. The first kappa shape index (κ1) is 12.7. The minimum absolute atomic E-state index is 0.0227. The Kier molecular flexibility index (Phi) is 3.51. The van der Waals surface area contributed by atoms with E-state index in [1.807, 2.05) is 0 Å². The zero-order chi connectivity index (χ0) is 13.8. The van der Waals surface area contributed by atoms with Crippen LogP contribution in [0, 0.1) is 0 Å². The number of anilines is 1. The van der Waals surface area contributed by atoms with Crippen molar-refractivity contribution in [3.8, 4) is 11.5 Å². The molecule has 19 heavy (non-hydrogen) atoms. The van der Waals surface area contributed by atoms with Crippen molar-refractivity contribution >= 4 is 11.6 Å². The Bertz CT molecular complexity index is 664. The lowest BCUT2D eigenvalue weighted by Crippen LogP contribution is -2.15. The standard InChI is InChI=1S/C13H12N2O4/c1-19-11-5-3-2-4-9(11)15-13(18)8-7-14-12(17)6-10(8)16/h2-7H,1H3,(H,15,18)(H2,14,16,17). The van der Waals surface area contributed by atoms with Crippen LogP contribution in [0.3, 0.4) is 0 Å². The van der Waals surface area contributed by atoms with Gasteiger partial charge in [0.2, 0.25) is 0 Å². The fourth-order valence-electron chi connectivity index (χ4n) is 1.58. The molecule has 0 aliphatic carbocycles. The summed E-state index contributed by atoms with van der Waals surface area (Å²) in [5.41, 5.74) is -0.0301. The van der Waals surface area contributed by atoms with Gasteiger partial charge in [-0.25, -0.2) is 0 Å². The lowest BCUT2D eigenvalue weighted by atomic mass is 10.2. The number of aromatic nitrogens is 1. The molecule has 1 aromatic carbocycles. The Hall–Kier alpha value is -2.76. The Morgan fingerprint density at radius 2 is 2.11 bits per heavy atom. The van der Waals surface area contributed by atoms with Crippen molar-refractivity contribution < 1.29 is 14.6 Å². The van der Waals surface area contributed by atoms with Gasteiger partial charge in [-0.2, -0.15) is 0 Å². The van der Waals surface area contributed by atoms with Gasteiger partial charge in [-0.05, 0) is 12.1 Å². The van der Waals surface area contributed by atoms with E-state index in [2.05, 4.69) is 10.3 Å². The molecule has 6 heteroatoms. The first-order valence-corrected chi connectivity index (χ1v) is 5.48. The average molecular weight is 260 g/mol. The third kappa shape index (κ3) is 2.74. The van der Waals surface area contributed by atoms with Crippen LogP contribution in [0.15, 0.2) is 41.3 Å². The van der Waals surface area contributed by atoms with Gasteiger partial charge in [0, 0.05) is 12.3 Å². The van der Waals surface area contributed by atoms with Crippen LogP contribution < -0.4 is 15.6 Å². The molecule has 0 aliphatic rings. The number of hydrogen-bond donors (Lipinski definition) is 3. The van der Waals surface area contributed by atoms with E-state index < -0.39 is 11.5 Å². The van der Waals surface area contributed by atoms with Gasteiger partial charge in [-0.1, -0.05) is 12.1 Å². The molecular weight excluding hydrogens is 248 g/mol. The number of aromatic hydroxyl groups is 1. The number of amides is 1. The van der Waals surface area contributed by atoms with Gasteiger partial charge in [0.1, 0.15) is 11.5 Å². The molecule has 1 aromatic heterocycles. The zero-order valence-corrected chi connectivity index (χ0v) is 10.1. The van der Waals surface area contributed by atoms with Crippen LogP contribution in [-0.4, -0.2) is 23.1 Å². The summed E-state index contributed by atoms with van der Waals surface area (Å²) in [6.45, 7) is 0. The molecule has 0 unspecified atom stereocenters. The van der Waals surface area contributed by atoms with Crippen molar-refractivity contribution in [1.29, 1.82) is 0 Å². The molecule has 1 heterocycles. The predicted octanol–water partition coefficient (Wildman–Crippen LogP) is 1.34. The molecule has 0 fully saturated rings. The van der Waals surface area contributed by atoms with Gasteiger partial charge in [-0.15, -0.1) is 0 Å². The molecule has 0 atom stereocenters. The van der Waals surface area contributed by atoms with E-state index in [0.29, 0.717) is 11.4 Å². The maximum absolute atomic E-state index is 12.0. The fourth-order valence-corrected chi connectivity index (χ4v) is 1.58. The second-order valence-corrected chi connectivity index (χ2v) is 3.75. The summed E-state index contributed by atoms with van der Waals surface area (Å²) < 4.78 is 5.10. The minimum atomic E-state index is -0.543. The van der Waals surface area contributed by atoms with Crippen LogP contribution in [0.4, 0.5) is 5.69 Å². The van der Waals surface area contributed by atoms with E-state index in [9.17, 15) is 14.7 Å². The summed E-state index contributed by atoms with van der Waals surface area (Å²) in [6.07, 6.45) is 1.16. The molecule has 0 saturated heterocycles. The predicted molar refractivity (Wildman–Crippen MR) is 69.7 cm³/mol. The molecule has 0 radical (unpaired) electrons. The summed E-state index contributed by atoms with van der Waals surface area (Å²) in [5, 5.41) is 12.1. The number of rotatable bonds is 3. The molecule has 0 aliphatic heterocycles. The van der Waals surface area contributed by atoms with Gasteiger partial charge in [0.05, 0.1) is 18.4 Å². The number of carbonyl (C=O) groups is 1. The van der Waals surface area contributed by atoms with Crippen molar-refractivity contribution in [1.82, 2.24) is 4.98 Å². The number of benzene rings is 1. The Morgan fingerprint density at radius 1 is 1.37 bits per heavy atom. The molecule has 0 bridgehead atoms. The topological polar surface area (TPSA) is 91.4 Å². The smallest absolute Gasteiger partial charge is 0.261 e. The van der Waals surface area contributed by atoms with Crippen molar-refractivity contribution in [2.24, 2.45) is 0 Å². The van der Waals surface area contributed by atoms with Crippen LogP contribution in [-0.2, 0) is 0 Å². The number of pyridine rings is 1. The van der Waals surface area contributed by atoms with Gasteiger partial charge < -0.3 is 20.1 Å². The first-order valence-electron chi connectivity index (χ1n) is 5.48. The molecule has 0 saturated carbocycles. The Balaban J connectivity index is 2.28. The number of aromatic amines is 1. The Labute approximate surface area is 108 Å². The number of hydrogen-bond acceptors (Lipinski definition) is 4. The van der Waals surface area contributed by atoms with Crippen LogP contribution in [0.25, 0.3) is 0 Å². The fraction of sp³-hybridized carbons (Fsp3) is 0.0769. The van der Waals surface area contributed by atoms with E-state index >= 15 is 0 Å². The van der Waals surface area contributed by atoms with Crippen molar-refractivity contribution in [2.75, 3.05) is 12.4 Å². The largest absolute Gasteiger partial charge is 0.507 e. The van der Waals surface area contributed by atoms with Crippen molar-refractivity contribution in [3.05, 3.63) is 52.4 Å². The summed E-state index contributed by atoms with van der Waals surface area (Å²) in [7, 11) is 1.49. The van der Waals surface area contributed by atoms with E-state index in [1.54, 1.807) is 24.3 Å². The summed E-state index contributed by atoms with van der Waals surface area (Å²) >= 11 is 0. The van der Waals surface area contributed by atoms with E-state index in [0.717, 1.165) is 12.3 Å². The molecule has 3 N–H and O–H groups in total. The molecule has 98 valence electrons. The maximum Gasteiger partial charge on any atom is 0.261 e. The van der Waals surface area contributed by atoms with E-state index in [1.165, 1.54) is 7.11 Å². The summed E-state index contributed by atoms with van der Waals surface area (Å²) in [5.74, 6) is -0.422. The van der Waals surface area contributed by atoms with Crippen molar-refractivity contribution in [3.63, 3.8) is 0 Å². The second kappa shape index (κ2) is 5.26. The number of nitrogens with one attached hydrogen (secondary N) is 2. The molecule has 2 rings (SSSR count). The van der Waals surface area contributed by atoms with Gasteiger partial charge in [0.15, 0.2) is 0 Å². The number of para-hydroxylation sites is 2. The quantitative estimate of drug-likeness (QED) is 0.776. The highest BCUT2D eigenvalue weighted by atomic mass is 16.5. The van der Waals surface area contributed by atoms with Crippen LogP contribution in [0.1, 0.15) is 10.4 Å². The molecular formula is C13H12N2O4.